The minimum absolute atomic E-state index is 0.0446. The summed E-state index contributed by atoms with van der Waals surface area (Å²) in [6.07, 6.45) is 3.62. The minimum Gasteiger partial charge on any atom is -0.477 e. The number of nitro groups is 1. The first kappa shape index (κ1) is 17.3. The van der Waals surface area contributed by atoms with Crippen molar-refractivity contribution in [2.24, 2.45) is 0 Å². The van der Waals surface area contributed by atoms with Crippen LogP contribution < -0.4 is 0 Å². The number of non-ortho nitro benzene ring substituents is 1. The van der Waals surface area contributed by atoms with E-state index >= 15 is 0 Å². The van der Waals surface area contributed by atoms with E-state index in [1.54, 1.807) is 0 Å². The van der Waals surface area contributed by atoms with Gasteiger partial charge in [0, 0.05) is 12.1 Å². The van der Waals surface area contributed by atoms with Crippen LogP contribution in [-0.4, -0.2) is 33.3 Å². The van der Waals surface area contributed by atoms with Gasteiger partial charge in [-0.05, 0) is 41.7 Å². The Balaban J connectivity index is 2.18. The van der Waals surface area contributed by atoms with Crippen molar-refractivity contribution in [1.29, 1.82) is 0 Å². The zero-order valence-corrected chi connectivity index (χ0v) is 13.6. The number of rotatable bonds is 5. The van der Waals surface area contributed by atoms with Crippen LogP contribution in [0.4, 0.5) is 5.69 Å². The van der Waals surface area contributed by atoms with Crippen LogP contribution in [0.3, 0.4) is 0 Å². The minimum atomic E-state index is -1.24. The topological polar surface area (TPSA) is 97.5 Å². The maximum Gasteiger partial charge on any atom is 0.341 e. The summed E-state index contributed by atoms with van der Waals surface area (Å²) in [4.78, 5) is 33.6. The van der Waals surface area contributed by atoms with Crippen LogP contribution in [-0.2, 0) is 9.59 Å². The largest absolute Gasteiger partial charge is 0.477 e. The fourth-order valence-electron chi connectivity index (χ4n) is 1.83. The number of hydrogen-bond donors (Lipinski definition) is 1. The Kier molecular flexibility index (Phi) is 6.00. The van der Waals surface area contributed by atoms with E-state index in [9.17, 15) is 24.8 Å². The zero-order chi connectivity index (χ0) is 16.8. The van der Waals surface area contributed by atoms with Crippen LogP contribution in [0.25, 0.3) is 6.08 Å². The highest BCUT2D eigenvalue weighted by Gasteiger charge is 2.23. The molecule has 1 aliphatic heterocycles. The Morgan fingerprint density at radius 2 is 1.78 bits per heavy atom. The van der Waals surface area contributed by atoms with Gasteiger partial charge < -0.3 is 5.11 Å². The maximum absolute atomic E-state index is 12.2. The van der Waals surface area contributed by atoms with Gasteiger partial charge in [-0.15, -0.1) is 23.5 Å². The average Bonchev–Trinajstić information content (AvgIpc) is 2.54. The van der Waals surface area contributed by atoms with Crippen LogP contribution >= 0.6 is 23.5 Å². The molecule has 1 fully saturated rings. The van der Waals surface area contributed by atoms with Crippen molar-refractivity contribution in [3.8, 4) is 0 Å². The van der Waals surface area contributed by atoms with Gasteiger partial charge in [0.2, 0.25) is 0 Å². The molecule has 2 rings (SSSR count). The number of allylic oxidation sites excluding steroid dienone is 1. The normalized spacial score (nSPS) is 14.7. The molecule has 0 spiro atoms. The number of carbonyl (C=O) groups is 2. The number of benzene rings is 1. The molecule has 0 atom stereocenters. The predicted octanol–water partition coefficient (Wildman–Crippen LogP) is 3.34. The van der Waals surface area contributed by atoms with E-state index in [4.69, 9.17) is 0 Å². The summed E-state index contributed by atoms with van der Waals surface area (Å²) in [7, 11) is 0. The van der Waals surface area contributed by atoms with Gasteiger partial charge in [-0.3, -0.25) is 14.9 Å². The van der Waals surface area contributed by atoms with Crippen LogP contribution in [0.15, 0.2) is 40.2 Å². The van der Waals surface area contributed by atoms with Gasteiger partial charge in [-0.1, -0.05) is 6.08 Å². The second-order valence-corrected chi connectivity index (χ2v) is 7.03. The second kappa shape index (κ2) is 7.98. The SMILES string of the molecule is O=C(O)C(C(=O)/C=C/c1ccc([N+](=O)[O-])cc1)=C1SCCCS1. The lowest BCUT2D eigenvalue weighted by molar-refractivity contribution is -0.384. The molecule has 6 nitrogen and oxygen atoms in total. The van der Waals surface area contributed by atoms with Gasteiger partial charge in [0.05, 0.1) is 9.16 Å². The number of nitro benzene ring substituents is 1. The molecule has 0 aromatic heterocycles. The van der Waals surface area contributed by atoms with Crippen LogP contribution in [0.1, 0.15) is 12.0 Å². The smallest absolute Gasteiger partial charge is 0.341 e. The first-order chi connectivity index (χ1) is 11.0. The van der Waals surface area contributed by atoms with Crippen molar-refractivity contribution in [2.45, 2.75) is 6.42 Å². The third-order valence-corrected chi connectivity index (χ3v) is 5.58. The van der Waals surface area contributed by atoms with Crippen molar-refractivity contribution in [1.82, 2.24) is 0 Å². The molecule has 1 saturated heterocycles. The molecule has 1 heterocycles. The third kappa shape index (κ3) is 4.70. The number of nitrogens with zero attached hydrogens (tertiary/aromatic N) is 1. The number of carboxylic acids is 1. The second-order valence-electron chi connectivity index (χ2n) is 4.56. The molecule has 0 bridgehead atoms. The molecule has 0 unspecified atom stereocenters. The van der Waals surface area contributed by atoms with Crippen LogP contribution in [0.5, 0.6) is 0 Å². The number of thioether (sulfide) groups is 2. The average molecular weight is 351 g/mol. The molecule has 0 saturated carbocycles. The summed E-state index contributed by atoms with van der Waals surface area (Å²) in [5, 5.41) is 19.9. The van der Waals surface area contributed by atoms with Crippen LogP contribution in [0.2, 0.25) is 0 Å². The van der Waals surface area contributed by atoms with Crippen LogP contribution in [0, 0.1) is 10.1 Å². The van der Waals surface area contributed by atoms with E-state index in [0.717, 1.165) is 17.9 Å². The van der Waals surface area contributed by atoms with E-state index in [2.05, 4.69) is 0 Å². The lowest BCUT2D eigenvalue weighted by Crippen LogP contribution is -2.13. The number of hydrogen-bond acceptors (Lipinski definition) is 6. The highest BCUT2D eigenvalue weighted by Crippen LogP contribution is 2.37. The number of carboxylic acid groups (broad SMARTS) is 1. The van der Waals surface area contributed by atoms with E-state index in [1.807, 2.05) is 0 Å². The molecule has 0 amide bonds. The molecule has 0 radical (unpaired) electrons. The summed E-state index contributed by atoms with van der Waals surface area (Å²) in [6.45, 7) is 0. The Bertz CT molecular complexity index is 686. The number of aliphatic carboxylic acids is 1. The summed E-state index contributed by atoms with van der Waals surface area (Å²) in [5.74, 6) is -0.204. The molecule has 1 aromatic carbocycles. The Morgan fingerprint density at radius 3 is 2.30 bits per heavy atom. The predicted molar refractivity (Wildman–Crippen MR) is 91.3 cm³/mol. The standard InChI is InChI=1S/C15H13NO5S2/c17-12(13(14(18)19)15-22-8-1-9-23-15)7-4-10-2-5-11(6-3-10)16(20)21/h2-7H,1,8-9H2,(H,18,19)/b7-4+. The zero-order valence-electron chi connectivity index (χ0n) is 11.9. The quantitative estimate of drug-likeness (QED) is 0.286. The maximum atomic E-state index is 12.2. The van der Waals surface area contributed by atoms with Crippen molar-refractivity contribution < 1.29 is 19.6 Å². The first-order valence-corrected chi connectivity index (χ1v) is 8.66. The summed E-state index contributed by atoms with van der Waals surface area (Å²) >= 11 is 2.77. The molecule has 120 valence electrons. The molecular weight excluding hydrogens is 338 g/mol. The van der Waals surface area contributed by atoms with E-state index in [0.29, 0.717) is 9.80 Å². The summed E-state index contributed by atoms with van der Waals surface area (Å²) in [5.41, 5.74) is 0.331. The molecule has 1 N–H and O–H groups in total. The monoisotopic (exact) mass is 351 g/mol. The molecular formula is C15H13NO5S2. The Hall–Kier alpha value is -2.06. The van der Waals surface area contributed by atoms with Crippen molar-refractivity contribution in [3.63, 3.8) is 0 Å². The molecule has 1 aliphatic rings. The summed E-state index contributed by atoms with van der Waals surface area (Å²) in [6, 6.07) is 5.65. The molecule has 8 heteroatoms. The van der Waals surface area contributed by atoms with Crippen molar-refractivity contribution in [2.75, 3.05) is 11.5 Å². The van der Waals surface area contributed by atoms with Gasteiger partial charge in [-0.2, -0.15) is 0 Å². The Morgan fingerprint density at radius 1 is 1.17 bits per heavy atom. The number of carbonyl (C=O) groups excluding carboxylic acids is 1. The first-order valence-electron chi connectivity index (χ1n) is 6.69. The lowest BCUT2D eigenvalue weighted by Gasteiger charge is -2.14. The third-order valence-electron chi connectivity index (χ3n) is 2.95. The molecule has 0 aliphatic carbocycles. The highest BCUT2D eigenvalue weighted by atomic mass is 32.2. The van der Waals surface area contributed by atoms with Gasteiger partial charge >= 0.3 is 5.97 Å². The Labute approximate surface area is 140 Å². The van der Waals surface area contributed by atoms with E-state index in [1.165, 1.54) is 59.9 Å². The van der Waals surface area contributed by atoms with Crippen molar-refractivity contribution >= 4 is 47.0 Å². The van der Waals surface area contributed by atoms with E-state index in [-0.39, 0.29) is 11.3 Å². The molecule has 1 aromatic rings. The fraction of sp³-hybridized carbons (Fsp3) is 0.200. The number of ketones is 1. The van der Waals surface area contributed by atoms with Gasteiger partial charge in [0.15, 0.2) is 5.78 Å². The fourth-order valence-corrected chi connectivity index (χ4v) is 4.46. The molecule has 23 heavy (non-hydrogen) atoms. The van der Waals surface area contributed by atoms with Gasteiger partial charge in [-0.25, -0.2) is 4.79 Å². The van der Waals surface area contributed by atoms with Crippen molar-refractivity contribution in [3.05, 3.63) is 55.8 Å². The summed E-state index contributed by atoms with van der Waals surface area (Å²) < 4.78 is 0.544. The lowest BCUT2D eigenvalue weighted by atomic mass is 10.1. The van der Waals surface area contributed by atoms with Gasteiger partial charge in [0.1, 0.15) is 5.57 Å². The van der Waals surface area contributed by atoms with Gasteiger partial charge in [0.25, 0.3) is 5.69 Å². The highest BCUT2D eigenvalue weighted by molar-refractivity contribution is 8.22. The van der Waals surface area contributed by atoms with E-state index < -0.39 is 16.7 Å².